The van der Waals surface area contributed by atoms with Crippen LogP contribution in [0.1, 0.15) is 0 Å². The minimum Gasteiger partial charge on any atom is -0.371 e. The second kappa shape index (κ2) is 2.77. The van der Waals surface area contributed by atoms with Gasteiger partial charge in [0, 0.05) is 0 Å². The molecule has 3 atom stereocenters. The average molecular weight is 209 g/mol. The van der Waals surface area contributed by atoms with Gasteiger partial charge >= 0.3 is 0 Å². The minimum atomic E-state index is 0.0664. The first-order valence-electron chi connectivity index (χ1n) is 3.35. The highest BCUT2D eigenvalue weighted by Crippen LogP contribution is 2.23. The molecular weight excluding hydrogens is 200 g/mol. The summed E-state index contributed by atoms with van der Waals surface area (Å²) in [6.07, 6.45) is 0.623. The van der Waals surface area contributed by atoms with Crippen LogP contribution in [0.2, 0.25) is 0 Å². The average Bonchev–Trinajstić information content (AvgIpc) is 2.76. The zero-order valence-electron chi connectivity index (χ0n) is 5.46. The predicted molar refractivity (Wildman–Crippen MR) is 38.1 cm³/mol. The highest BCUT2D eigenvalue weighted by Gasteiger charge is 2.33. The lowest BCUT2D eigenvalue weighted by atomic mass is 10.5. The first-order chi connectivity index (χ1) is 4.86. The van der Waals surface area contributed by atoms with Crippen LogP contribution in [0, 0.1) is 0 Å². The van der Waals surface area contributed by atoms with Crippen molar-refractivity contribution in [2.45, 2.75) is 17.2 Å². The lowest BCUT2D eigenvalue weighted by molar-refractivity contribution is 0.0831. The third kappa shape index (κ3) is 1.92. The quantitative estimate of drug-likeness (QED) is 0.500. The van der Waals surface area contributed by atoms with Crippen molar-refractivity contribution in [3.8, 4) is 0 Å². The molecule has 0 aromatic carbocycles. The van der Waals surface area contributed by atoms with Gasteiger partial charge in [0.2, 0.25) is 0 Å². The van der Waals surface area contributed by atoms with Crippen molar-refractivity contribution in [3.05, 3.63) is 0 Å². The summed E-state index contributed by atoms with van der Waals surface area (Å²) in [6, 6.07) is 0. The van der Waals surface area contributed by atoms with Crippen molar-refractivity contribution in [2.24, 2.45) is 0 Å². The first-order valence-corrected chi connectivity index (χ1v) is 4.27. The SMILES string of the molecule is BrC(OCC1CO1)C1CO1. The van der Waals surface area contributed by atoms with E-state index in [0.717, 1.165) is 13.2 Å². The Morgan fingerprint density at radius 3 is 2.70 bits per heavy atom. The Kier molecular flexibility index (Phi) is 1.95. The smallest absolute Gasteiger partial charge is 0.140 e. The van der Waals surface area contributed by atoms with Crippen LogP contribution in [0.25, 0.3) is 0 Å². The molecule has 0 aliphatic carbocycles. The van der Waals surface area contributed by atoms with E-state index in [2.05, 4.69) is 15.9 Å². The van der Waals surface area contributed by atoms with E-state index in [0.29, 0.717) is 12.7 Å². The van der Waals surface area contributed by atoms with Crippen LogP contribution in [0.15, 0.2) is 0 Å². The molecule has 2 aliphatic rings. The summed E-state index contributed by atoms with van der Waals surface area (Å²) in [7, 11) is 0. The third-order valence-electron chi connectivity index (χ3n) is 1.50. The van der Waals surface area contributed by atoms with Crippen LogP contribution >= 0.6 is 15.9 Å². The Morgan fingerprint density at radius 2 is 2.20 bits per heavy atom. The molecule has 0 bridgehead atoms. The summed E-state index contributed by atoms with van der Waals surface area (Å²) >= 11 is 3.36. The summed E-state index contributed by atoms with van der Waals surface area (Å²) < 4.78 is 15.3. The summed E-state index contributed by atoms with van der Waals surface area (Å²) in [6.45, 7) is 2.36. The molecule has 0 radical (unpaired) electrons. The van der Waals surface area contributed by atoms with E-state index in [4.69, 9.17) is 14.2 Å². The number of alkyl halides is 1. The van der Waals surface area contributed by atoms with E-state index >= 15 is 0 Å². The van der Waals surface area contributed by atoms with Gasteiger partial charge in [-0.2, -0.15) is 0 Å². The first kappa shape index (κ1) is 7.03. The molecule has 58 valence electrons. The van der Waals surface area contributed by atoms with E-state index in [1.807, 2.05) is 0 Å². The van der Waals surface area contributed by atoms with Crippen molar-refractivity contribution < 1.29 is 14.2 Å². The van der Waals surface area contributed by atoms with Crippen molar-refractivity contribution in [1.82, 2.24) is 0 Å². The van der Waals surface area contributed by atoms with Gasteiger partial charge in [-0.05, 0) is 0 Å². The van der Waals surface area contributed by atoms with Gasteiger partial charge in [0.25, 0.3) is 0 Å². The highest BCUT2D eigenvalue weighted by atomic mass is 79.9. The Labute approximate surface area is 67.8 Å². The van der Waals surface area contributed by atoms with Crippen LogP contribution in [-0.2, 0) is 14.2 Å². The third-order valence-corrected chi connectivity index (χ3v) is 2.35. The van der Waals surface area contributed by atoms with E-state index in [-0.39, 0.29) is 11.1 Å². The topological polar surface area (TPSA) is 34.3 Å². The zero-order valence-corrected chi connectivity index (χ0v) is 7.04. The predicted octanol–water partition coefficient (Wildman–Crippen LogP) is 0.522. The maximum Gasteiger partial charge on any atom is 0.140 e. The fraction of sp³-hybridized carbons (Fsp3) is 1.00. The van der Waals surface area contributed by atoms with E-state index in [1.54, 1.807) is 0 Å². The highest BCUT2D eigenvalue weighted by molar-refractivity contribution is 9.09. The number of epoxide rings is 2. The number of hydrogen-bond acceptors (Lipinski definition) is 3. The molecule has 4 heteroatoms. The van der Waals surface area contributed by atoms with Crippen LogP contribution < -0.4 is 0 Å². The van der Waals surface area contributed by atoms with Crippen molar-refractivity contribution in [3.63, 3.8) is 0 Å². The molecule has 2 saturated heterocycles. The second-order valence-electron chi connectivity index (χ2n) is 2.51. The second-order valence-corrected chi connectivity index (χ2v) is 3.41. The molecule has 3 nitrogen and oxygen atoms in total. The normalized spacial score (nSPS) is 39.3. The fourth-order valence-corrected chi connectivity index (χ4v) is 1.14. The van der Waals surface area contributed by atoms with E-state index < -0.39 is 0 Å². The Balaban J connectivity index is 1.58. The van der Waals surface area contributed by atoms with Gasteiger partial charge in [0.1, 0.15) is 17.2 Å². The van der Waals surface area contributed by atoms with Gasteiger partial charge in [-0.15, -0.1) is 0 Å². The Hall–Kier alpha value is 0.360. The zero-order chi connectivity index (χ0) is 6.97. The van der Waals surface area contributed by atoms with Gasteiger partial charge in [-0.25, -0.2) is 0 Å². The summed E-state index contributed by atoms with van der Waals surface area (Å²) in [4.78, 5) is 0. The monoisotopic (exact) mass is 208 g/mol. The molecule has 2 aliphatic heterocycles. The number of halogens is 1. The molecule has 0 aromatic heterocycles. The van der Waals surface area contributed by atoms with Crippen molar-refractivity contribution in [1.29, 1.82) is 0 Å². The lowest BCUT2D eigenvalue weighted by Gasteiger charge is -2.05. The van der Waals surface area contributed by atoms with Gasteiger partial charge in [-0.3, -0.25) is 0 Å². The molecule has 2 fully saturated rings. The Morgan fingerprint density at radius 1 is 1.50 bits per heavy atom. The Bertz CT molecular complexity index is 122. The largest absolute Gasteiger partial charge is 0.371 e. The van der Waals surface area contributed by atoms with Crippen molar-refractivity contribution in [2.75, 3.05) is 19.8 Å². The van der Waals surface area contributed by atoms with Crippen LogP contribution in [0.4, 0.5) is 0 Å². The van der Waals surface area contributed by atoms with Crippen LogP contribution in [0.3, 0.4) is 0 Å². The van der Waals surface area contributed by atoms with Crippen LogP contribution in [-0.4, -0.2) is 37.0 Å². The molecule has 0 saturated carbocycles. The van der Waals surface area contributed by atoms with E-state index in [1.165, 1.54) is 0 Å². The van der Waals surface area contributed by atoms with Crippen molar-refractivity contribution >= 4 is 15.9 Å². The molecule has 0 spiro atoms. The minimum absolute atomic E-state index is 0.0664. The molecule has 0 aromatic rings. The van der Waals surface area contributed by atoms with Gasteiger partial charge in [-0.1, -0.05) is 15.9 Å². The van der Waals surface area contributed by atoms with Crippen LogP contribution in [0.5, 0.6) is 0 Å². The van der Waals surface area contributed by atoms with Gasteiger partial charge in [0.05, 0.1) is 19.8 Å². The molecule has 2 rings (SSSR count). The maximum atomic E-state index is 5.36. The summed E-state index contributed by atoms with van der Waals surface area (Å²) in [5.41, 5.74) is 0. The molecule has 10 heavy (non-hydrogen) atoms. The molecule has 0 N–H and O–H groups in total. The number of rotatable bonds is 4. The maximum absolute atomic E-state index is 5.36. The van der Waals surface area contributed by atoms with E-state index in [9.17, 15) is 0 Å². The summed E-state index contributed by atoms with van der Waals surface area (Å²) in [5, 5.41) is 0.0664. The number of ether oxygens (including phenoxy) is 3. The molecule has 0 amide bonds. The number of hydrogen-bond donors (Lipinski definition) is 0. The van der Waals surface area contributed by atoms with Gasteiger partial charge in [0.15, 0.2) is 0 Å². The fourth-order valence-electron chi connectivity index (χ4n) is 0.678. The molecule has 3 unspecified atom stereocenters. The molecule has 2 heterocycles. The summed E-state index contributed by atoms with van der Waals surface area (Å²) in [5.74, 6) is 0. The molecular formula is C6H9BrO3. The standard InChI is InChI=1S/C6H9BrO3/c7-6(5-3-9-5)10-2-4-1-8-4/h4-6H,1-3H2. The lowest BCUT2D eigenvalue weighted by Crippen LogP contribution is -2.15. The van der Waals surface area contributed by atoms with Gasteiger partial charge < -0.3 is 14.2 Å².